The Kier molecular flexibility index (Phi) is 5.93. The Morgan fingerprint density at radius 3 is 3.05 bits per heavy atom. The highest BCUT2D eigenvalue weighted by Crippen LogP contribution is 2.27. The van der Waals surface area contributed by atoms with Crippen molar-refractivity contribution in [1.29, 1.82) is 5.26 Å². The predicted molar refractivity (Wildman–Crippen MR) is 82.1 cm³/mol. The van der Waals surface area contributed by atoms with E-state index in [9.17, 15) is 4.79 Å². The molecular formula is C17H22N2O3. The molecule has 0 amide bonds. The summed E-state index contributed by atoms with van der Waals surface area (Å²) >= 11 is 0. The highest BCUT2D eigenvalue weighted by Gasteiger charge is 2.32. The Morgan fingerprint density at radius 1 is 1.55 bits per heavy atom. The first kappa shape index (κ1) is 16.5. The van der Waals surface area contributed by atoms with Crippen LogP contribution in [-0.2, 0) is 14.3 Å². The maximum atomic E-state index is 12.3. The van der Waals surface area contributed by atoms with E-state index in [0.717, 1.165) is 24.9 Å². The number of rotatable bonds is 5. The first-order valence-electron chi connectivity index (χ1n) is 7.63. The van der Waals surface area contributed by atoms with Crippen molar-refractivity contribution in [1.82, 2.24) is 4.90 Å². The van der Waals surface area contributed by atoms with E-state index in [1.807, 2.05) is 13.0 Å². The molecule has 0 saturated carbocycles. The van der Waals surface area contributed by atoms with E-state index < -0.39 is 6.04 Å². The molecule has 0 N–H and O–H groups in total. The van der Waals surface area contributed by atoms with E-state index in [4.69, 9.17) is 14.7 Å². The summed E-state index contributed by atoms with van der Waals surface area (Å²) < 4.78 is 10.7. The molecule has 1 aliphatic rings. The van der Waals surface area contributed by atoms with E-state index in [0.29, 0.717) is 18.7 Å². The van der Waals surface area contributed by atoms with Crippen LogP contribution in [-0.4, -0.2) is 43.8 Å². The monoisotopic (exact) mass is 302 g/mol. The van der Waals surface area contributed by atoms with Crippen LogP contribution < -0.4 is 0 Å². The SMILES string of the molecule is CCO[C@H]1CCCN([C@H](C(=O)OC)c2cccc(C#N)c2)C1. The second-order valence-corrected chi connectivity index (χ2v) is 5.38. The minimum absolute atomic E-state index is 0.144. The molecule has 22 heavy (non-hydrogen) atoms. The lowest BCUT2D eigenvalue weighted by atomic mass is 9.99. The first-order chi connectivity index (χ1) is 10.7. The van der Waals surface area contributed by atoms with Gasteiger partial charge in [-0.05, 0) is 44.0 Å². The van der Waals surface area contributed by atoms with Crippen molar-refractivity contribution >= 4 is 5.97 Å². The van der Waals surface area contributed by atoms with Gasteiger partial charge in [0.25, 0.3) is 0 Å². The number of nitriles is 1. The van der Waals surface area contributed by atoms with Crippen LogP contribution in [0.4, 0.5) is 0 Å². The molecule has 0 bridgehead atoms. The van der Waals surface area contributed by atoms with Crippen LogP contribution in [0.2, 0.25) is 0 Å². The van der Waals surface area contributed by atoms with Crippen LogP contribution in [0.5, 0.6) is 0 Å². The molecule has 1 fully saturated rings. The summed E-state index contributed by atoms with van der Waals surface area (Å²) in [5.74, 6) is -0.299. The molecule has 1 aromatic rings. The van der Waals surface area contributed by atoms with Crippen LogP contribution in [0, 0.1) is 11.3 Å². The van der Waals surface area contributed by atoms with Crippen molar-refractivity contribution in [3.63, 3.8) is 0 Å². The predicted octanol–water partition coefficient (Wildman–Crippen LogP) is 2.27. The van der Waals surface area contributed by atoms with Gasteiger partial charge in [-0.1, -0.05) is 12.1 Å². The Morgan fingerprint density at radius 2 is 2.36 bits per heavy atom. The lowest BCUT2D eigenvalue weighted by molar-refractivity contribution is -0.149. The molecule has 2 atom stereocenters. The number of likely N-dealkylation sites (tertiary alicyclic amines) is 1. The summed E-state index contributed by atoms with van der Waals surface area (Å²) in [6.07, 6.45) is 2.14. The van der Waals surface area contributed by atoms with Gasteiger partial charge in [-0.25, -0.2) is 4.79 Å². The van der Waals surface area contributed by atoms with E-state index in [-0.39, 0.29) is 12.1 Å². The molecular weight excluding hydrogens is 280 g/mol. The Labute approximate surface area is 131 Å². The van der Waals surface area contributed by atoms with Gasteiger partial charge in [-0.2, -0.15) is 5.26 Å². The van der Waals surface area contributed by atoms with Gasteiger partial charge in [0.2, 0.25) is 0 Å². The van der Waals surface area contributed by atoms with Gasteiger partial charge in [-0.3, -0.25) is 4.90 Å². The molecule has 5 heteroatoms. The molecule has 1 aliphatic heterocycles. The van der Waals surface area contributed by atoms with Gasteiger partial charge < -0.3 is 9.47 Å². The number of carbonyl (C=O) groups excluding carboxylic acids is 1. The number of methoxy groups -OCH3 is 1. The molecule has 1 heterocycles. The fraction of sp³-hybridized carbons (Fsp3) is 0.529. The molecule has 0 aliphatic carbocycles. The number of nitrogens with zero attached hydrogens (tertiary/aromatic N) is 2. The van der Waals surface area contributed by atoms with Crippen molar-refractivity contribution in [2.75, 3.05) is 26.8 Å². The smallest absolute Gasteiger partial charge is 0.327 e. The average Bonchev–Trinajstić information content (AvgIpc) is 2.56. The highest BCUT2D eigenvalue weighted by molar-refractivity contribution is 5.77. The van der Waals surface area contributed by atoms with Crippen LogP contribution in [0.1, 0.15) is 36.9 Å². The van der Waals surface area contributed by atoms with E-state index in [1.165, 1.54) is 7.11 Å². The second-order valence-electron chi connectivity index (χ2n) is 5.38. The molecule has 1 aromatic carbocycles. The van der Waals surface area contributed by atoms with Crippen molar-refractivity contribution in [3.8, 4) is 6.07 Å². The summed E-state index contributed by atoms with van der Waals surface area (Å²) in [6.45, 7) is 4.17. The molecule has 2 rings (SSSR count). The molecule has 0 unspecified atom stereocenters. The summed E-state index contributed by atoms with van der Waals surface area (Å²) in [5.41, 5.74) is 1.34. The standard InChI is InChI=1S/C17H22N2O3/c1-3-22-15-8-5-9-19(12-15)16(17(20)21-2)14-7-4-6-13(10-14)11-18/h4,6-7,10,15-16H,3,5,8-9,12H2,1-2H3/t15-,16-/m0/s1. The third kappa shape index (κ3) is 3.85. The van der Waals surface area contributed by atoms with Crippen molar-refractivity contribution in [3.05, 3.63) is 35.4 Å². The molecule has 118 valence electrons. The second kappa shape index (κ2) is 7.92. The van der Waals surface area contributed by atoms with Crippen LogP contribution >= 0.6 is 0 Å². The molecule has 0 radical (unpaired) electrons. The Bertz CT molecular complexity index is 551. The number of benzene rings is 1. The minimum Gasteiger partial charge on any atom is -0.468 e. The number of ether oxygens (including phenoxy) is 2. The van der Waals surface area contributed by atoms with Crippen molar-refractivity contribution in [2.24, 2.45) is 0 Å². The van der Waals surface area contributed by atoms with E-state index in [1.54, 1.807) is 18.2 Å². The zero-order valence-corrected chi connectivity index (χ0v) is 13.1. The molecule has 0 spiro atoms. The zero-order chi connectivity index (χ0) is 15.9. The van der Waals surface area contributed by atoms with Crippen molar-refractivity contribution in [2.45, 2.75) is 31.9 Å². The summed E-state index contributed by atoms with van der Waals surface area (Å²) in [7, 11) is 1.40. The largest absolute Gasteiger partial charge is 0.468 e. The number of carbonyl (C=O) groups is 1. The van der Waals surface area contributed by atoms with Crippen molar-refractivity contribution < 1.29 is 14.3 Å². The van der Waals surface area contributed by atoms with Gasteiger partial charge in [0, 0.05) is 13.2 Å². The Balaban J connectivity index is 2.26. The van der Waals surface area contributed by atoms with Gasteiger partial charge in [0.15, 0.2) is 0 Å². The fourth-order valence-electron chi connectivity index (χ4n) is 2.96. The third-order valence-corrected chi connectivity index (χ3v) is 3.93. The molecule has 5 nitrogen and oxygen atoms in total. The van der Waals surface area contributed by atoms with E-state index in [2.05, 4.69) is 11.0 Å². The zero-order valence-electron chi connectivity index (χ0n) is 13.1. The topological polar surface area (TPSA) is 62.6 Å². The summed E-state index contributed by atoms with van der Waals surface area (Å²) in [5, 5.41) is 9.06. The number of piperidine rings is 1. The Hall–Kier alpha value is -1.90. The number of hydrogen-bond donors (Lipinski definition) is 0. The van der Waals surface area contributed by atoms with Crippen LogP contribution in [0.3, 0.4) is 0 Å². The first-order valence-corrected chi connectivity index (χ1v) is 7.63. The maximum Gasteiger partial charge on any atom is 0.327 e. The normalized spacial score (nSPS) is 20.1. The van der Waals surface area contributed by atoms with Gasteiger partial charge in [-0.15, -0.1) is 0 Å². The third-order valence-electron chi connectivity index (χ3n) is 3.93. The van der Waals surface area contributed by atoms with Gasteiger partial charge in [0.1, 0.15) is 6.04 Å². The maximum absolute atomic E-state index is 12.3. The van der Waals surface area contributed by atoms with Crippen LogP contribution in [0.25, 0.3) is 0 Å². The quantitative estimate of drug-likeness (QED) is 0.781. The summed E-state index contributed by atoms with van der Waals surface area (Å²) in [6, 6.07) is 8.79. The fourth-order valence-corrected chi connectivity index (χ4v) is 2.96. The number of hydrogen-bond acceptors (Lipinski definition) is 5. The van der Waals surface area contributed by atoms with Gasteiger partial charge >= 0.3 is 5.97 Å². The lowest BCUT2D eigenvalue weighted by Gasteiger charge is -2.36. The number of esters is 1. The minimum atomic E-state index is -0.485. The molecule has 0 aromatic heterocycles. The highest BCUT2D eigenvalue weighted by atomic mass is 16.5. The van der Waals surface area contributed by atoms with Crippen LogP contribution in [0.15, 0.2) is 24.3 Å². The lowest BCUT2D eigenvalue weighted by Crippen LogP contribution is -2.44. The van der Waals surface area contributed by atoms with E-state index >= 15 is 0 Å². The van der Waals surface area contributed by atoms with Gasteiger partial charge in [0.05, 0.1) is 24.8 Å². The molecule has 1 saturated heterocycles. The summed E-state index contributed by atoms with van der Waals surface area (Å²) in [4.78, 5) is 14.4. The average molecular weight is 302 g/mol.